The molecule has 0 amide bonds. The zero-order chi connectivity index (χ0) is 11.7. The van der Waals surface area contributed by atoms with Crippen LogP contribution in [-0.4, -0.2) is 15.8 Å². The van der Waals surface area contributed by atoms with Crippen LogP contribution in [0.1, 0.15) is 0 Å². The van der Waals surface area contributed by atoms with E-state index in [0.717, 1.165) is 16.8 Å². The van der Waals surface area contributed by atoms with E-state index in [2.05, 4.69) is 4.98 Å². The van der Waals surface area contributed by atoms with E-state index in [-0.39, 0.29) is 17.6 Å². The number of hydrogen-bond acceptors (Lipinski definition) is 3. The third-order valence-electron chi connectivity index (χ3n) is 2.13. The first-order valence-corrected chi connectivity index (χ1v) is 4.41. The highest BCUT2D eigenvalue weighted by Gasteiger charge is 2.10. The minimum Gasteiger partial charge on any atom is -0.301 e. The molecule has 0 aliphatic carbocycles. The van der Waals surface area contributed by atoms with Gasteiger partial charge in [0.05, 0.1) is 18.3 Å². The van der Waals surface area contributed by atoms with Gasteiger partial charge in [-0.3, -0.25) is 9.36 Å². The molecule has 6 heteroatoms. The van der Waals surface area contributed by atoms with Crippen LogP contribution in [0.2, 0.25) is 0 Å². The van der Waals surface area contributed by atoms with Gasteiger partial charge >= 0.3 is 0 Å². The van der Waals surface area contributed by atoms with Gasteiger partial charge in [0, 0.05) is 12.1 Å². The summed E-state index contributed by atoms with van der Waals surface area (Å²) in [6, 6.07) is 1.64. The highest BCUT2D eigenvalue weighted by molar-refractivity contribution is 5.76. The second-order valence-corrected chi connectivity index (χ2v) is 3.13. The molecule has 1 aromatic heterocycles. The fourth-order valence-electron chi connectivity index (χ4n) is 1.46. The van der Waals surface area contributed by atoms with Crippen LogP contribution in [-0.2, 0) is 11.3 Å². The van der Waals surface area contributed by atoms with E-state index in [4.69, 9.17) is 0 Å². The van der Waals surface area contributed by atoms with Crippen LogP contribution < -0.4 is 5.56 Å². The summed E-state index contributed by atoms with van der Waals surface area (Å²) in [6.07, 6.45) is 1.37. The number of benzene rings is 1. The van der Waals surface area contributed by atoms with Gasteiger partial charge in [-0.15, -0.1) is 0 Å². The van der Waals surface area contributed by atoms with Crippen LogP contribution in [0.15, 0.2) is 23.1 Å². The zero-order valence-electron chi connectivity index (χ0n) is 7.98. The predicted molar refractivity (Wildman–Crippen MR) is 52.0 cm³/mol. The molecule has 0 spiro atoms. The van der Waals surface area contributed by atoms with Gasteiger partial charge in [0.25, 0.3) is 5.56 Å². The van der Waals surface area contributed by atoms with Crippen LogP contribution >= 0.6 is 0 Å². The summed E-state index contributed by atoms with van der Waals surface area (Å²) >= 11 is 0. The van der Waals surface area contributed by atoms with E-state index < -0.39 is 17.2 Å². The molecule has 16 heavy (non-hydrogen) atoms. The normalized spacial score (nSPS) is 10.6. The first kappa shape index (κ1) is 10.4. The Labute approximate surface area is 88.1 Å². The summed E-state index contributed by atoms with van der Waals surface area (Å²) in [5, 5.41) is 0. The van der Waals surface area contributed by atoms with Crippen molar-refractivity contribution in [2.75, 3.05) is 0 Å². The Morgan fingerprint density at radius 3 is 2.81 bits per heavy atom. The molecular formula is C10H6F2N2O2. The first-order chi connectivity index (χ1) is 7.63. The number of carbonyl (C=O) groups is 1. The van der Waals surface area contributed by atoms with Gasteiger partial charge in [-0.05, 0) is 0 Å². The summed E-state index contributed by atoms with van der Waals surface area (Å²) in [5.74, 6) is -1.69. The van der Waals surface area contributed by atoms with Gasteiger partial charge in [0.1, 0.15) is 17.6 Å². The number of aromatic nitrogens is 2. The molecule has 0 atom stereocenters. The minimum absolute atomic E-state index is 0.0305. The lowest BCUT2D eigenvalue weighted by molar-refractivity contribution is -0.108. The van der Waals surface area contributed by atoms with Crippen LogP contribution in [0, 0.1) is 11.6 Å². The van der Waals surface area contributed by atoms with Crippen LogP contribution in [0.5, 0.6) is 0 Å². The standard InChI is InChI=1S/C10H6F2N2O2/c11-6-3-7(12)10-8(4-6)14(1-2-15)9(16)5-13-10/h2-5H,1H2. The lowest BCUT2D eigenvalue weighted by Gasteiger charge is -2.06. The smallest absolute Gasteiger partial charge is 0.269 e. The minimum atomic E-state index is -0.866. The van der Waals surface area contributed by atoms with Crippen molar-refractivity contribution in [3.05, 3.63) is 40.3 Å². The molecule has 0 aliphatic rings. The molecule has 2 aromatic rings. The number of rotatable bonds is 2. The van der Waals surface area contributed by atoms with E-state index in [1.54, 1.807) is 0 Å². The highest BCUT2D eigenvalue weighted by atomic mass is 19.1. The zero-order valence-corrected chi connectivity index (χ0v) is 7.98. The topological polar surface area (TPSA) is 52.0 Å². The molecule has 82 valence electrons. The lowest BCUT2D eigenvalue weighted by Crippen LogP contribution is -2.21. The van der Waals surface area contributed by atoms with E-state index >= 15 is 0 Å². The van der Waals surface area contributed by atoms with Crippen molar-refractivity contribution >= 4 is 17.3 Å². The Morgan fingerprint density at radius 1 is 1.38 bits per heavy atom. The number of aldehydes is 1. The maximum absolute atomic E-state index is 13.3. The van der Waals surface area contributed by atoms with Gasteiger partial charge < -0.3 is 4.79 Å². The van der Waals surface area contributed by atoms with Crippen molar-refractivity contribution in [2.24, 2.45) is 0 Å². The maximum atomic E-state index is 13.3. The molecule has 0 radical (unpaired) electrons. The van der Waals surface area contributed by atoms with E-state index in [1.165, 1.54) is 0 Å². The number of carbonyl (C=O) groups excluding carboxylic acids is 1. The Morgan fingerprint density at radius 2 is 2.12 bits per heavy atom. The molecule has 0 fully saturated rings. The molecular weight excluding hydrogens is 218 g/mol. The van der Waals surface area contributed by atoms with Gasteiger partial charge in [-0.1, -0.05) is 0 Å². The number of halogens is 2. The van der Waals surface area contributed by atoms with E-state index in [9.17, 15) is 18.4 Å². The van der Waals surface area contributed by atoms with Gasteiger partial charge in [0.15, 0.2) is 5.82 Å². The van der Waals surface area contributed by atoms with Crippen molar-refractivity contribution in [3.63, 3.8) is 0 Å². The summed E-state index contributed by atoms with van der Waals surface area (Å²) < 4.78 is 27.2. The third kappa shape index (κ3) is 1.58. The second kappa shape index (κ2) is 3.80. The van der Waals surface area contributed by atoms with Crippen LogP contribution in [0.3, 0.4) is 0 Å². The molecule has 0 saturated heterocycles. The Kier molecular flexibility index (Phi) is 2.47. The monoisotopic (exact) mass is 224 g/mol. The lowest BCUT2D eigenvalue weighted by atomic mass is 10.2. The number of fused-ring (bicyclic) bond motifs is 1. The van der Waals surface area contributed by atoms with Crippen molar-refractivity contribution in [2.45, 2.75) is 6.54 Å². The number of nitrogens with zero attached hydrogens (tertiary/aromatic N) is 2. The van der Waals surface area contributed by atoms with Crippen molar-refractivity contribution in [1.29, 1.82) is 0 Å². The summed E-state index contributed by atoms with van der Waals surface area (Å²) in [7, 11) is 0. The van der Waals surface area contributed by atoms with E-state index in [0.29, 0.717) is 12.4 Å². The SMILES string of the molecule is O=CCn1c(=O)cnc2c(F)cc(F)cc21. The van der Waals surface area contributed by atoms with E-state index in [1.807, 2.05) is 0 Å². The average molecular weight is 224 g/mol. The molecule has 1 heterocycles. The summed E-state index contributed by atoms with van der Waals surface area (Å²) in [5.41, 5.74) is -0.746. The fraction of sp³-hybridized carbons (Fsp3) is 0.100. The molecule has 0 bridgehead atoms. The van der Waals surface area contributed by atoms with Gasteiger partial charge in [0.2, 0.25) is 0 Å². The highest BCUT2D eigenvalue weighted by Crippen LogP contribution is 2.15. The fourth-order valence-corrected chi connectivity index (χ4v) is 1.46. The quantitative estimate of drug-likeness (QED) is 0.711. The van der Waals surface area contributed by atoms with Crippen LogP contribution in [0.25, 0.3) is 11.0 Å². The molecule has 0 aliphatic heterocycles. The van der Waals surface area contributed by atoms with Crippen molar-refractivity contribution < 1.29 is 13.6 Å². The predicted octanol–water partition coefficient (Wildman–Crippen LogP) is 0.874. The molecule has 2 rings (SSSR count). The van der Waals surface area contributed by atoms with Crippen LogP contribution in [0.4, 0.5) is 8.78 Å². The molecule has 1 aromatic carbocycles. The average Bonchev–Trinajstić information content (AvgIpc) is 2.22. The second-order valence-electron chi connectivity index (χ2n) is 3.13. The van der Waals surface area contributed by atoms with Gasteiger partial charge in [-0.2, -0.15) is 0 Å². The largest absolute Gasteiger partial charge is 0.301 e. The van der Waals surface area contributed by atoms with Gasteiger partial charge in [-0.25, -0.2) is 13.8 Å². The molecule has 0 saturated carbocycles. The van der Waals surface area contributed by atoms with Crippen molar-refractivity contribution in [1.82, 2.24) is 9.55 Å². The first-order valence-electron chi connectivity index (χ1n) is 4.41. The Bertz CT molecular complexity index is 622. The summed E-state index contributed by atoms with van der Waals surface area (Å²) in [6.45, 7) is -0.263. The molecule has 0 N–H and O–H groups in total. The number of hydrogen-bond donors (Lipinski definition) is 0. The Balaban J connectivity index is 2.91. The maximum Gasteiger partial charge on any atom is 0.269 e. The molecule has 4 nitrogen and oxygen atoms in total. The van der Waals surface area contributed by atoms with Crippen molar-refractivity contribution in [3.8, 4) is 0 Å². The molecule has 0 unspecified atom stereocenters. The Hall–Kier alpha value is -2.11. The summed E-state index contributed by atoms with van der Waals surface area (Å²) in [4.78, 5) is 25.3. The third-order valence-corrected chi connectivity index (χ3v) is 2.13.